The molecule has 0 saturated carbocycles. The average Bonchev–Trinajstić information content (AvgIpc) is 2.82. The highest BCUT2D eigenvalue weighted by Gasteiger charge is 2.24. The lowest BCUT2D eigenvalue weighted by molar-refractivity contribution is 0.252. The van der Waals surface area contributed by atoms with Crippen molar-refractivity contribution in [2.24, 2.45) is 7.05 Å². The van der Waals surface area contributed by atoms with E-state index in [1.807, 2.05) is 25.4 Å². The van der Waals surface area contributed by atoms with Crippen LogP contribution in [0, 0.1) is 0 Å². The summed E-state index contributed by atoms with van der Waals surface area (Å²) in [6.45, 7) is 1.35. The standard InChI is InChI=1S/C14H15Cl2N3O/c1-19-4-2-10(18-19)8-17-13-3-5-20-14-11(13)6-9(15)7-12(14)16/h2,4,6-7,13,17H,3,5,8H2,1H3. The van der Waals surface area contributed by atoms with E-state index in [1.165, 1.54) is 0 Å². The van der Waals surface area contributed by atoms with Gasteiger partial charge >= 0.3 is 0 Å². The molecule has 6 heteroatoms. The second-order valence-electron chi connectivity index (χ2n) is 4.86. The third kappa shape index (κ3) is 2.77. The van der Waals surface area contributed by atoms with E-state index in [0.717, 1.165) is 23.4 Å². The van der Waals surface area contributed by atoms with Gasteiger partial charge in [0.2, 0.25) is 0 Å². The van der Waals surface area contributed by atoms with Crippen LogP contribution >= 0.6 is 23.2 Å². The zero-order chi connectivity index (χ0) is 14.1. The number of rotatable bonds is 3. The maximum Gasteiger partial charge on any atom is 0.142 e. The Hall–Kier alpha value is -1.23. The molecule has 1 aliphatic heterocycles. The van der Waals surface area contributed by atoms with Gasteiger partial charge in [0.15, 0.2) is 0 Å². The molecule has 1 atom stereocenters. The number of hydrogen-bond donors (Lipinski definition) is 1. The highest BCUT2D eigenvalue weighted by molar-refractivity contribution is 6.35. The molecule has 4 nitrogen and oxygen atoms in total. The van der Waals surface area contributed by atoms with Crippen molar-refractivity contribution in [3.05, 3.63) is 45.7 Å². The van der Waals surface area contributed by atoms with E-state index in [4.69, 9.17) is 27.9 Å². The molecule has 1 aromatic heterocycles. The van der Waals surface area contributed by atoms with Crippen molar-refractivity contribution in [2.45, 2.75) is 19.0 Å². The Bertz CT molecular complexity index is 627. The molecule has 1 aromatic carbocycles. The summed E-state index contributed by atoms with van der Waals surface area (Å²) in [5.74, 6) is 0.737. The fourth-order valence-electron chi connectivity index (χ4n) is 2.42. The minimum Gasteiger partial charge on any atom is -0.492 e. The molecule has 0 saturated heterocycles. The van der Waals surface area contributed by atoms with Crippen LogP contribution in [0.4, 0.5) is 0 Å². The third-order valence-corrected chi connectivity index (χ3v) is 3.86. The highest BCUT2D eigenvalue weighted by Crippen LogP contribution is 2.39. The summed E-state index contributed by atoms with van der Waals surface area (Å²) < 4.78 is 7.44. The Balaban J connectivity index is 1.79. The number of hydrogen-bond acceptors (Lipinski definition) is 3. The number of fused-ring (bicyclic) bond motifs is 1. The molecular formula is C14H15Cl2N3O. The maximum absolute atomic E-state index is 6.18. The molecule has 0 aliphatic carbocycles. The summed E-state index contributed by atoms with van der Waals surface area (Å²) in [6, 6.07) is 5.80. The van der Waals surface area contributed by atoms with Gasteiger partial charge in [-0.2, -0.15) is 5.10 Å². The molecule has 20 heavy (non-hydrogen) atoms. The maximum atomic E-state index is 6.18. The summed E-state index contributed by atoms with van der Waals surface area (Å²) in [7, 11) is 1.91. The molecule has 1 unspecified atom stereocenters. The van der Waals surface area contributed by atoms with Crippen LogP contribution in [0.25, 0.3) is 0 Å². The van der Waals surface area contributed by atoms with Crippen molar-refractivity contribution in [3.63, 3.8) is 0 Å². The largest absolute Gasteiger partial charge is 0.492 e. The van der Waals surface area contributed by atoms with E-state index in [-0.39, 0.29) is 6.04 Å². The summed E-state index contributed by atoms with van der Waals surface area (Å²) in [5.41, 5.74) is 2.03. The first-order valence-electron chi connectivity index (χ1n) is 6.47. The second-order valence-corrected chi connectivity index (χ2v) is 5.70. The van der Waals surface area contributed by atoms with Crippen molar-refractivity contribution in [3.8, 4) is 5.75 Å². The Morgan fingerprint density at radius 1 is 1.45 bits per heavy atom. The molecule has 2 aromatic rings. The quantitative estimate of drug-likeness (QED) is 0.945. The van der Waals surface area contributed by atoms with E-state index in [1.54, 1.807) is 10.7 Å². The smallest absolute Gasteiger partial charge is 0.142 e. The molecule has 2 heterocycles. The fraction of sp³-hybridized carbons (Fsp3) is 0.357. The van der Waals surface area contributed by atoms with Crippen LogP contribution in [0.5, 0.6) is 5.75 Å². The van der Waals surface area contributed by atoms with Crippen molar-refractivity contribution in [1.29, 1.82) is 0 Å². The Morgan fingerprint density at radius 2 is 2.30 bits per heavy atom. The zero-order valence-electron chi connectivity index (χ0n) is 11.1. The number of aromatic nitrogens is 2. The summed E-state index contributed by atoms with van der Waals surface area (Å²) in [6.07, 6.45) is 2.82. The normalized spacial score (nSPS) is 17.6. The van der Waals surface area contributed by atoms with Crippen LogP contribution in [0.2, 0.25) is 10.0 Å². The van der Waals surface area contributed by atoms with Gasteiger partial charge in [-0.05, 0) is 18.2 Å². The Morgan fingerprint density at radius 3 is 3.05 bits per heavy atom. The molecule has 0 bridgehead atoms. The third-order valence-electron chi connectivity index (χ3n) is 3.36. The van der Waals surface area contributed by atoms with Crippen LogP contribution < -0.4 is 10.1 Å². The van der Waals surface area contributed by atoms with Gasteiger partial charge in [-0.15, -0.1) is 0 Å². The van der Waals surface area contributed by atoms with Gasteiger partial charge in [0.1, 0.15) is 5.75 Å². The number of ether oxygens (including phenoxy) is 1. The molecule has 0 amide bonds. The van der Waals surface area contributed by atoms with Crippen LogP contribution in [-0.2, 0) is 13.6 Å². The molecule has 1 N–H and O–H groups in total. The van der Waals surface area contributed by atoms with Crippen LogP contribution in [-0.4, -0.2) is 16.4 Å². The van der Waals surface area contributed by atoms with Gasteiger partial charge in [-0.25, -0.2) is 0 Å². The SMILES string of the molecule is Cn1ccc(CNC2CCOc3c(Cl)cc(Cl)cc32)n1. The van der Waals surface area contributed by atoms with Crippen molar-refractivity contribution >= 4 is 23.2 Å². The van der Waals surface area contributed by atoms with Crippen LogP contribution in [0.1, 0.15) is 23.7 Å². The van der Waals surface area contributed by atoms with Gasteiger partial charge in [-0.1, -0.05) is 23.2 Å². The van der Waals surface area contributed by atoms with Gasteiger partial charge in [0.25, 0.3) is 0 Å². The summed E-state index contributed by atoms with van der Waals surface area (Å²) >= 11 is 12.3. The minimum absolute atomic E-state index is 0.178. The number of halogens is 2. The topological polar surface area (TPSA) is 39.1 Å². The lowest BCUT2D eigenvalue weighted by atomic mass is 10.0. The Labute approximate surface area is 127 Å². The first-order chi connectivity index (χ1) is 9.63. The average molecular weight is 312 g/mol. The van der Waals surface area contributed by atoms with Crippen LogP contribution in [0.3, 0.4) is 0 Å². The summed E-state index contributed by atoms with van der Waals surface area (Å²) in [4.78, 5) is 0. The van der Waals surface area contributed by atoms with Gasteiger partial charge in [-0.3, -0.25) is 4.68 Å². The number of benzene rings is 1. The second kappa shape index (κ2) is 5.64. The first kappa shape index (κ1) is 13.7. The molecule has 106 valence electrons. The molecule has 3 rings (SSSR count). The van der Waals surface area contributed by atoms with E-state index in [2.05, 4.69) is 10.4 Å². The molecule has 0 radical (unpaired) electrons. The molecular weight excluding hydrogens is 297 g/mol. The molecule has 0 fully saturated rings. The van der Waals surface area contributed by atoms with Gasteiger partial charge < -0.3 is 10.1 Å². The molecule has 1 aliphatic rings. The van der Waals surface area contributed by atoms with Gasteiger partial charge in [0.05, 0.1) is 17.3 Å². The van der Waals surface area contributed by atoms with E-state index < -0.39 is 0 Å². The predicted octanol–water partition coefficient (Wildman–Crippen LogP) is 3.34. The van der Waals surface area contributed by atoms with Crippen molar-refractivity contribution in [2.75, 3.05) is 6.61 Å². The lowest BCUT2D eigenvalue weighted by Gasteiger charge is -2.27. The Kier molecular flexibility index (Phi) is 3.87. The zero-order valence-corrected chi connectivity index (χ0v) is 12.6. The van der Waals surface area contributed by atoms with Crippen LogP contribution in [0.15, 0.2) is 24.4 Å². The van der Waals surface area contributed by atoms with E-state index in [0.29, 0.717) is 23.2 Å². The number of nitrogens with zero attached hydrogens (tertiary/aromatic N) is 2. The predicted molar refractivity (Wildman–Crippen MR) is 79.4 cm³/mol. The molecule has 0 spiro atoms. The number of aryl methyl sites for hydroxylation is 1. The summed E-state index contributed by atoms with van der Waals surface area (Å²) in [5, 5.41) is 9.04. The van der Waals surface area contributed by atoms with Crippen molar-refractivity contribution in [1.82, 2.24) is 15.1 Å². The minimum atomic E-state index is 0.178. The fourth-order valence-corrected chi connectivity index (χ4v) is 2.99. The van der Waals surface area contributed by atoms with E-state index in [9.17, 15) is 0 Å². The number of nitrogens with one attached hydrogen (secondary N) is 1. The lowest BCUT2D eigenvalue weighted by Crippen LogP contribution is -2.27. The highest BCUT2D eigenvalue weighted by atomic mass is 35.5. The van der Waals surface area contributed by atoms with E-state index >= 15 is 0 Å². The first-order valence-corrected chi connectivity index (χ1v) is 7.23. The van der Waals surface area contributed by atoms with Gasteiger partial charge in [0, 0.05) is 42.8 Å². The monoisotopic (exact) mass is 311 g/mol. The van der Waals surface area contributed by atoms with Crippen molar-refractivity contribution < 1.29 is 4.74 Å².